The van der Waals surface area contributed by atoms with Gasteiger partial charge < -0.3 is 18.3 Å². The van der Waals surface area contributed by atoms with Crippen LogP contribution in [0.15, 0.2) is 0 Å². The molecule has 1 fully saturated rings. The van der Waals surface area contributed by atoms with E-state index in [-0.39, 0.29) is 0 Å². The molecule has 0 spiro atoms. The van der Waals surface area contributed by atoms with Crippen LogP contribution in [-0.2, 0) is 8.85 Å². The molecule has 0 aromatic carbocycles. The molecule has 0 bridgehead atoms. The van der Waals surface area contributed by atoms with Crippen LogP contribution in [0.2, 0.25) is 25.7 Å². The Hall–Kier alpha value is 0.274. The second kappa shape index (κ2) is 10.1. The lowest BCUT2D eigenvalue weighted by atomic mass is 10.3. The minimum absolute atomic E-state index is 0.801. The molecule has 0 aromatic heterocycles. The van der Waals surface area contributed by atoms with Gasteiger partial charge in [-0.25, -0.2) is 0 Å². The van der Waals surface area contributed by atoms with Crippen molar-refractivity contribution in [2.45, 2.75) is 52.4 Å². The average Bonchev–Trinajstić information content (AvgIpc) is 2.43. The van der Waals surface area contributed by atoms with Gasteiger partial charge in [-0.05, 0) is 32.9 Å². The Morgan fingerprint density at radius 1 is 0.905 bits per heavy atom. The predicted molar refractivity (Wildman–Crippen MR) is 95.8 cm³/mol. The molecular weight excluding hydrogens is 296 g/mol. The van der Waals surface area contributed by atoms with Gasteiger partial charge in [-0.1, -0.05) is 26.1 Å². The summed E-state index contributed by atoms with van der Waals surface area (Å²) in [6.45, 7) is 19.4. The maximum Gasteiger partial charge on any atom is 0.321 e. The fourth-order valence-corrected chi connectivity index (χ4v) is 6.21. The lowest BCUT2D eigenvalue weighted by molar-refractivity contribution is 0.180. The Morgan fingerprint density at radius 2 is 1.48 bits per heavy atom. The molecule has 1 rings (SSSR count). The van der Waals surface area contributed by atoms with E-state index in [1.54, 1.807) is 0 Å². The van der Waals surface area contributed by atoms with E-state index in [0.717, 1.165) is 19.3 Å². The van der Waals surface area contributed by atoms with E-state index in [1.807, 2.05) is 0 Å². The van der Waals surface area contributed by atoms with Gasteiger partial charge in [0.2, 0.25) is 0 Å². The number of rotatable bonds is 10. The Labute approximate surface area is 134 Å². The maximum atomic E-state index is 5.73. The van der Waals surface area contributed by atoms with Crippen molar-refractivity contribution >= 4 is 17.5 Å². The molecule has 0 aliphatic carbocycles. The zero-order valence-corrected chi connectivity index (χ0v) is 17.0. The average molecular weight is 333 g/mol. The van der Waals surface area contributed by atoms with Crippen molar-refractivity contribution in [2.24, 2.45) is 0 Å². The molecular formula is C15H36N2O2Si2. The van der Waals surface area contributed by atoms with E-state index in [0.29, 0.717) is 0 Å². The van der Waals surface area contributed by atoms with Crippen LogP contribution in [0.4, 0.5) is 0 Å². The molecule has 4 nitrogen and oxygen atoms in total. The number of hydrogen-bond donors (Lipinski definition) is 0. The Morgan fingerprint density at radius 3 is 1.95 bits per heavy atom. The second-order valence-corrected chi connectivity index (χ2v) is 13.9. The number of unbranched alkanes of at least 4 members (excludes halogenated alkanes) is 1. The summed E-state index contributed by atoms with van der Waals surface area (Å²) in [5.74, 6) is 0. The van der Waals surface area contributed by atoms with Gasteiger partial charge in [0.05, 0.1) is 0 Å². The molecule has 0 amide bonds. The quantitative estimate of drug-likeness (QED) is 0.453. The summed E-state index contributed by atoms with van der Waals surface area (Å²) >= 11 is 0. The first-order valence-corrected chi connectivity index (χ1v) is 13.9. The van der Waals surface area contributed by atoms with Gasteiger partial charge in [0.25, 0.3) is 0 Å². The molecule has 0 radical (unpaired) electrons. The van der Waals surface area contributed by atoms with Gasteiger partial charge in [0.1, 0.15) is 8.24 Å². The first kappa shape index (κ1) is 19.3. The summed E-state index contributed by atoms with van der Waals surface area (Å²) in [5.41, 5.74) is 0. The number of piperazine rings is 1. The third-order valence-corrected chi connectivity index (χ3v) is 8.82. The summed E-state index contributed by atoms with van der Waals surface area (Å²) in [6.07, 6.45) is 2.54. The molecule has 1 saturated heterocycles. The molecule has 1 aliphatic rings. The van der Waals surface area contributed by atoms with E-state index in [4.69, 9.17) is 8.85 Å². The molecule has 0 saturated carbocycles. The molecule has 126 valence electrons. The third-order valence-electron chi connectivity index (χ3n) is 4.19. The summed E-state index contributed by atoms with van der Waals surface area (Å²) in [5, 5.41) is 0. The van der Waals surface area contributed by atoms with Crippen molar-refractivity contribution in [2.75, 3.05) is 45.9 Å². The van der Waals surface area contributed by atoms with Crippen LogP contribution >= 0.6 is 0 Å². The fraction of sp³-hybridized carbons (Fsp3) is 1.00. The normalized spacial score (nSPS) is 18.6. The van der Waals surface area contributed by atoms with E-state index >= 15 is 0 Å². The highest BCUT2D eigenvalue weighted by molar-refractivity contribution is 6.73. The molecule has 0 atom stereocenters. The Balaban J connectivity index is 2.11. The smallest absolute Gasteiger partial charge is 0.321 e. The molecule has 0 aromatic rings. The molecule has 6 heteroatoms. The van der Waals surface area contributed by atoms with Gasteiger partial charge in [0.15, 0.2) is 0 Å². The van der Waals surface area contributed by atoms with Crippen LogP contribution in [0, 0.1) is 0 Å². The van der Waals surface area contributed by atoms with Gasteiger partial charge in [-0.2, -0.15) is 0 Å². The SMILES string of the molecule is CCO[SiH](CCCCN1CCN([Si](C)(C)C)CC1)OCC. The summed E-state index contributed by atoms with van der Waals surface area (Å²) in [7, 11) is -2.44. The number of nitrogens with zero attached hydrogens (tertiary/aromatic N) is 2. The van der Waals surface area contributed by atoms with Gasteiger partial charge in [-0.15, -0.1) is 0 Å². The largest absolute Gasteiger partial charge is 0.397 e. The van der Waals surface area contributed by atoms with E-state index in [9.17, 15) is 0 Å². The van der Waals surface area contributed by atoms with Crippen LogP contribution in [-0.4, -0.2) is 72.9 Å². The minimum atomic E-state index is -1.36. The van der Waals surface area contributed by atoms with E-state index in [2.05, 4.69) is 43.0 Å². The topological polar surface area (TPSA) is 24.9 Å². The van der Waals surface area contributed by atoms with Crippen molar-refractivity contribution in [1.29, 1.82) is 0 Å². The maximum absolute atomic E-state index is 5.73. The number of hydrogen-bond acceptors (Lipinski definition) is 4. The van der Waals surface area contributed by atoms with Crippen molar-refractivity contribution in [3.63, 3.8) is 0 Å². The molecule has 0 N–H and O–H groups in total. The predicted octanol–water partition coefficient (Wildman–Crippen LogP) is 2.51. The van der Waals surface area contributed by atoms with Crippen LogP contribution in [0.1, 0.15) is 26.7 Å². The first-order valence-electron chi connectivity index (χ1n) is 8.68. The fourth-order valence-electron chi connectivity index (χ4n) is 2.88. The van der Waals surface area contributed by atoms with Crippen molar-refractivity contribution in [1.82, 2.24) is 9.47 Å². The van der Waals surface area contributed by atoms with Gasteiger partial charge in [-0.3, -0.25) is 0 Å². The van der Waals surface area contributed by atoms with Crippen molar-refractivity contribution < 1.29 is 8.85 Å². The third kappa shape index (κ3) is 7.90. The Kier molecular flexibility index (Phi) is 9.31. The van der Waals surface area contributed by atoms with Gasteiger partial charge in [0, 0.05) is 39.4 Å². The highest BCUT2D eigenvalue weighted by Crippen LogP contribution is 2.13. The molecule has 1 heterocycles. The second-order valence-electron chi connectivity index (χ2n) is 6.84. The summed E-state index contributed by atoms with van der Waals surface area (Å²) in [6, 6.07) is 1.16. The zero-order valence-electron chi connectivity index (χ0n) is 14.9. The van der Waals surface area contributed by atoms with Crippen LogP contribution in [0.5, 0.6) is 0 Å². The van der Waals surface area contributed by atoms with E-state index < -0.39 is 17.5 Å². The van der Waals surface area contributed by atoms with Crippen LogP contribution in [0.3, 0.4) is 0 Å². The lowest BCUT2D eigenvalue weighted by Gasteiger charge is -2.41. The summed E-state index contributed by atoms with van der Waals surface area (Å²) in [4.78, 5) is 2.63. The van der Waals surface area contributed by atoms with E-state index in [1.165, 1.54) is 45.6 Å². The zero-order chi connectivity index (χ0) is 15.7. The summed E-state index contributed by atoms with van der Waals surface area (Å²) < 4.78 is 14.2. The highest BCUT2D eigenvalue weighted by Gasteiger charge is 2.27. The van der Waals surface area contributed by atoms with Crippen LogP contribution in [0.25, 0.3) is 0 Å². The van der Waals surface area contributed by atoms with Crippen LogP contribution < -0.4 is 0 Å². The molecule has 0 unspecified atom stereocenters. The monoisotopic (exact) mass is 332 g/mol. The molecule has 1 aliphatic heterocycles. The van der Waals surface area contributed by atoms with Crippen molar-refractivity contribution in [3.05, 3.63) is 0 Å². The highest BCUT2D eigenvalue weighted by atomic mass is 28.3. The first-order chi connectivity index (χ1) is 9.97. The van der Waals surface area contributed by atoms with Gasteiger partial charge >= 0.3 is 9.28 Å². The minimum Gasteiger partial charge on any atom is -0.397 e. The molecule has 21 heavy (non-hydrogen) atoms. The Bertz CT molecular complexity index is 261. The lowest BCUT2D eigenvalue weighted by Crippen LogP contribution is -2.56. The van der Waals surface area contributed by atoms with Crippen molar-refractivity contribution in [3.8, 4) is 0 Å². The standard InChI is InChI=1S/C15H36N2O2Si2/c1-6-18-20(19-7-2)15-9-8-10-16-11-13-17(14-12-16)21(3,4)5/h20H,6-15H2,1-5H3.